The highest BCUT2D eigenvalue weighted by Crippen LogP contribution is 2.20. The molecule has 1 atom stereocenters. The van der Waals surface area contributed by atoms with Crippen LogP contribution in [-0.2, 0) is 0 Å². The number of hydrogen-bond donors (Lipinski definition) is 2. The lowest BCUT2D eigenvalue weighted by Crippen LogP contribution is -2.36. The van der Waals surface area contributed by atoms with Gasteiger partial charge in [-0.1, -0.05) is 32.6 Å². The Hall–Kier alpha value is -0.580. The Morgan fingerprint density at radius 3 is 2.56 bits per heavy atom. The highest BCUT2D eigenvalue weighted by atomic mass is 32.2. The second-order valence-electron chi connectivity index (χ2n) is 4.48. The van der Waals surface area contributed by atoms with Gasteiger partial charge in [-0.25, -0.2) is 4.39 Å². The summed E-state index contributed by atoms with van der Waals surface area (Å²) in [6.07, 6.45) is 6.14. The molecule has 4 heteroatoms. The number of halogens is 1. The second-order valence-corrected chi connectivity index (χ2v) is 5.57. The number of hydrazine groups is 1. The van der Waals surface area contributed by atoms with Crippen molar-refractivity contribution in [3.63, 3.8) is 0 Å². The monoisotopic (exact) mass is 270 g/mol. The summed E-state index contributed by atoms with van der Waals surface area (Å²) in [5.74, 6) is 6.29. The van der Waals surface area contributed by atoms with Gasteiger partial charge in [-0.15, -0.1) is 11.8 Å². The predicted molar refractivity (Wildman–Crippen MR) is 77.0 cm³/mol. The van der Waals surface area contributed by atoms with Gasteiger partial charge < -0.3 is 0 Å². The van der Waals surface area contributed by atoms with Crippen molar-refractivity contribution in [2.75, 3.05) is 5.75 Å². The molecule has 0 aliphatic heterocycles. The van der Waals surface area contributed by atoms with E-state index in [0.717, 1.165) is 17.1 Å². The molecular weight excluding hydrogens is 247 g/mol. The number of hydrogen-bond acceptors (Lipinski definition) is 3. The van der Waals surface area contributed by atoms with Crippen molar-refractivity contribution in [3.8, 4) is 0 Å². The van der Waals surface area contributed by atoms with E-state index in [0.29, 0.717) is 6.04 Å². The van der Waals surface area contributed by atoms with Crippen molar-refractivity contribution < 1.29 is 4.39 Å². The number of benzene rings is 1. The predicted octanol–water partition coefficient (Wildman–Crippen LogP) is 3.72. The fraction of sp³-hybridized carbons (Fsp3) is 0.571. The zero-order chi connectivity index (χ0) is 13.2. The van der Waals surface area contributed by atoms with Gasteiger partial charge in [0.05, 0.1) is 0 Å². The molecule has 0 spiro atoms. The van der Waals surface area contributed by atoms with Gasteiger partial charge in [-0.2, -0.15) is 0 Å². The zero-order valence-corrected chi connectivity index (χ0v) is 11.8. The molecule has 1 unspecified atom stereocenters. The fourth-order valence-corrected chi connectivity index (χ4v) is 2.74. The first-order valence-corrected chi connectivity index (χ1v) is 7.59. The van der Waals surface area contributed by atoms with E-state index < -0.39 is 0 Å². The lowest BCUT2D eigenvalue weighted by Gasteiger charge is -2.15. The van der Waals surface area contributed by atoms with Crippen molar-refractivity contribution in [3.05, 3.63) is 30.1 Å². The molecule has 0 bridgehead atoms. The van der Waals surface area contributed by atoms with Crippen LogP contribution < -0.4 is 11.3 Å². The molecule has 0 radical (unpaired) electrons. The van der Waals surface area contributed by atoms with E-state index in [1.807, 2.05) is 12.1 Å². The third-order valence-electron chi connectivity index (χ3n) is 2.91. The van der Waals surface area contributed by atoms with E-state index in [-0.39, 0.29) is 5.82 Å². The largest absolute Gasteiger partial charge is 0.271 e. The molecule has 0 aliphatic carbocycles. The van der Waals surface area contributed by atoms with E-state index in [1.165, 1.54) is 37.8 Å². The molecule has 0 saturated heterocycles. The third kappa shape index (κ3) is 6.38. The van der Waals surface area contributed by atoms with Crippen LogP contribution in [0.2, 0.25) is 0 Å². The van der Waals surface area contributed by atoms with Gasteiger partial charge in [-0.3, -0.25) is 11.3 Å². The van der Waals surface area contributed by atoms with Crippen LogP contribution in [0.4, 0.5) is 4.39 Å². The molecule has 0 amide bonds. The Kier molecular flexibility index (Phi) is 8.05. The van der Waals surface area contributed by atoms with Crippen molar-refractivity contribution in [2.45, 2.75) is 50.0 Å². The highest BCUT2D eigenvalue weighted by Gasteiger charge is 2.07. The van der Waals surface area contributed by atoms with Crippen LogP contribution in [-0.4, -0.2) is 11.8 Å². The minimum absolute atomic E-state index is 0.188. The van der Waals surface area contributed by atoms with Crippen LogP contribution in [0.15, 0.2) is 29.2 Å². The van der Waals surface area contributed by atoms with Crippen LogP contribution >= 0.6 is 11.8 Å². The van der Waals surface area contributed by atoms with Crippen molar-refractivity contribution in [2.24, 2.45) is 5.84 Å². The molecule has 0 aromatic heterocycles. The first-order chi connectivity index (χ1) is 8.76. The van der Waals surface area contributed by atoms with E-state index in [9.17, 15) is 4.39 Å². The second kappa shape index (κ2) is 9.36. The first kappa shape index (κ1) is 15.5. The molecule has 0 aliphatic rings. The molecular formula is C14H23FN2S. The summed E-state index contributed by atoms with van der Waals surface area (Å²) in [5, 5.41) is 0. The van der Waals surface area contributed by atoms with Crippen LogP contribution in [0.3, 0.4) is 0 Å². The Bertz CT molecular complexity index is 316. The molecule has 0 saturated carbocycles. The Balaban J connectivity index is 2.24. The lowest BCUT2D eigenvalue weighted by atomic mass is 10.1. The Morgan fingerprint density at radius 2 is 1.94 bits per heavy atom. The minimum Gasteiger partial charge on any atom is -0.271 e. The molecule has 2 nitrogen and oxygen atoms in total. The summed E-state index contributed by atoms with van der Waals surface area (Å²) in [4.78, 5) is 1.09. The first-order valence-electron chi connectivity index (χ1n) is 6.60. The van der Waals surface area contributed by atoms with Crippen LogP contribution in [0, 0.1) is 5.82 Å². The molecule has 3 N–H and O–H groups in total. The van der Waals surface area contributed by atoms with E-state index >= 15 is 0 Å². The highest BCUT2D eigenvalue weighted by molar-refractivity contribution is 7.99. The van der Waals surface area contributed by atoms with E-state index in [4.69, 9.17) is 5.84 Å². The van der Waals surface area contributed by atoms with Crippen LogP contribution in [0.25, 0.3) is 0 Å². The van der Waals surface area contributed by atoms with Crippen molar-refractivity contribution in [1.29, 1.82) is 0 Å². The molecule has 102 valence electrons. The summed E-state index contributed by atoms with van der Waals surface area (Å²) < 4.78 is 12.7. The van der Waals surface area contributed by atoms with Gasteiger partial charge in [0.25, 0.3) is 0 Å². The molecule has 0 fully saturated rings. The molecule has 1 rings (SSSR count). The average molecular weight is 270 g/mol. The maximum Gasteiger partial charge on any atom is 0.123 e. The molecule has 1 aromatic rings. The quantitative estimate of drug-likeness (QED) is 0.311. The van der Waals surface area contributed by atoms with Gasteiger partial charge in [-0.05, 0) is 30.7 Å². The SMILES string of the molecule is CCCCCCC(CSc1ccc(F)cc1)NN. The average Bonchev–Trinajstić information content (AvgIpc) is 2.40. The number of rotatable bonds is 9. The summed E-state index contributed by atoms with van der Waals surface area (Å²) >= 11 is 1.72. The van der Waals surface area contributed by atoms with E-state index in [2.05, 4.69) is 12.3 Å². The molecule has 0 heterocycles. The standard InChI is InChI=1S/C14H23FN2S/c1-2-3-4-5-6-13(17-16)11-18-14-9-7-12(15)8-10-14/h7-10,13,17H,2-6,11,16H2,1H3. The molecule has 1 aromatic carbocycles. The Morgan fingerprint density at radius 1 is 1.22 bits per heavy atom. The normalized spacial score (nSPS) is 12.6. The number of thioether (sulfide) groups is 1. The van der Waals surface area contributed by atoms with Gasteiger partial charge in [0.1, 0.15) is 5.82 Å². The van der Waals surface area contributed by atoms with Gasteiger partial charge >= 0.3 is 0 Å². The van der Waals surface area contributed by atoms with Crippen LogP contribution in [0.1, 0.15) is 39.0 Å². The number of nitrogens with two attached hydrogens (primary N) is 1. The topological polar surface area (TPSA) is 38.0 Å². The van der Waals surface area contributed by atoms with Gasteiger partial charge in [0.2, 0.25) is 0 Å². The van der Waals surface area contributed by atoms with E-state index in [1.54, 1.807) is 11.8 Å². The van der Waals surface area contributed by atoms with Gasteiger partial charge in [0.15, 0.2) is 0 Å². The summed E-state index contributed by atoms with van der Waals surface area (Å²) in [6.45, 7) is 2.21. The fourth-order valence-electron chi connectivity index (χ4n) is 1.76. The van der Waals surface area contributed by atoms with Crippen LogP contribution in [0.5, 0.6) is 0 Å². The lowest BCUT2D eigenvalue weighted by molar-refractivity contribution is 0.501. The zero-order valence-electron chi connectivity index (χ0n) is 11.0. The maximum atomic E-state index is 12.7. The maximum absolute atomic E-state index is 12.7. The van der Waals surface area contributed by atoms with Crippen molar-refractivity contribution >= 4 is 11.8 Å². The number of nitrogens with one attached hydrogen (secondary N) is 1. The number of unbranched alkanes of at least 4 members (excludes halogenated alkanes) is 3. The molecule has 18 heavy (non-hydrogen) atoms. The summed E-state index contributed by atoms with van der Waals surface area (Å²) in [5.41, 5.74) is 2.87. The minimum atomic E-state index is -0.188. The summed E-state index contributed by atoms with van der Waals surface area (Å²) in [7, 11) is 0. The van der Waals surface area contributed by atoms with Crippen molar-refractivity contribution in [1.82, 2.24) is 5.43 Å². The van der Waals surface area contributed by atoms with Gasteiger partial charge in [0, 0.05) is 16.7 Å². The summed E-state index contributed by atoms with van der Waals surface area (Å²) in [6, 6.07) is 6.94. The Labute approximate surface area is 113 Å². The smallest absolute Gasteiger partial charge is 0.123 e. The third-order valence-corrected chi connectivity index (χ3v) is 4.08.